The van der Waals surface area contributed by atoms with Gasteiger partial charge in [-0.3, -0.25) is 8.75 Å². The number of rotatable bonds is 9. The van der Waals surface area contributed by atoms with E-state index in [0.29, 0.717) is 5.54 Å². The van der Waals surface area contributed by atoms with Crippen LogP contribution < -0.4 is 11.4 Å². The fraction of sp³-hybridized carbons (Fsp3) is 0.765. The van der Waals surface area contributed by atoms with Crippen LogP contribution in [0.4, 0.5) is 5.82 Å². The van der Waals surface area contributed by atoms with E-state index >= 15 is 0 Å². The molecular formula is C17H31N3O7SSi. The minimum Gasteiger partial charge on any atom is -0.411 e. The van der Waals surface area contributed by atoms with Crippen LogP contribution in [0.2, 0.25) is 18.6 Å². The van der Waals surface area contributed by atoms with E-state index in [1.807, 2.05) is 0 Å². The van der Waals surface area contributed by atoms with Crippen molar-refractivity contribution >= 4 is 24.3 Å². The number of nitrogen functional groups attached to an aromatic ring is 1. The van der Waals surface area contributed by atoms with Gasteiger partial charge in [0.15, 0.2) is 8.32 Å². The predicted octanol–water partition coefficient (Wildman–Crippen LogP) is 0.842. The summed E-state index contributed by atoms with van der Waals surface area (Å²) in [4.78, 5) is 16.0. The maximum absolute atomic E-state index is 12.3. The average Bonchev–Trinajstić information content (AvgIpc) is 2.96. The third-order valence-electron chi connectivity index (χ3n) is 5.57. The molecule has 4 atom stereocenters. The lowest BCUT2D eigenvalue weighted by atomic mass is 9.99. The van der Waals surface area contributed by atoms with Crippen LogP contribution in [0.25, 0.3) is 0 Å². The number of anilines is 1. The molecule has 1 aliphatic heterocycles. The molecule has 1 fully saturated rings. The maximum atomic E-state index is 12.3. The molecule has 2 rings (SSSR count). The van der Waals surface area contributed by atoms with Crippen molar-refractivity contribution in [3.05, 3.63) is 22.7 Å². The van der Waals surface area contributed by atoms with Crippen molar-refractivity contribution in [2.45, 2.75) is 63.3 Å². The number of nitrogens with two attached hydrogens (primary N) is 1. The van der Waals surface area contributed by atoms with E-state index in [4.69, 9.17) is 19.1 Å². The fourth-order valence-corrected chi connectivity index (χ4v) is 5.93. The van der Waals surface area contributed by atoms with Crippen molar-refractivity contribution in [1.29, 1.82) is 0 Å². The molecule has 3 N–H and O–H groups in total. The lowest BCUT2D eigenvalue weighted by molar-refractivity contribution is -0.142. The molecule has 166 valence electrons. The van der Waals surface area contributed by atoms with Crippen LogP contribution in [0.3, 0.4) is 0 Å². The zero-order valence-corrected chi connectivity index (χ0v) is 19.3. The minimum absolute atomic E-state index is 0.0798. The Bertz CT molecular complexity index is 876. The van der Waals surface area contributed by atoms with Gasteiger partial charge in [-0.15, -0.1) is 0 Å². The van der Waals surface area contributed by atoms with E-state index in [1.54, 1.807) is 0 Å². The number of aromatic nitrogens is 2. The van der Waals surface area contributed by atoms with Crippen molar-refractivity contribution in [3.8, 4) is 0 Å². The van der Waals surface area contributed by atoms with Crippen LogP contribution in [0, 0.1) is 0 Å². The van der Waals surface area contributed by atoms with Crippen molar-refractivity contribution in [2.24, 2.45) is 0 Å². The molecule has 1 aliphatic rings. The summed E-state index contributed by atoms with van der Waals surface area (Å²) in [5, 5.41) is 10.2. The highest BCUT2D eigenvalue weighted by molar-refractivity contribution is 7.85. The second-order valence-corrected chi connectivity index (χ2v) is 14.1. The standard InChI is InChI=1S/C17H31N3O7SSi/c1-6-12(2)29(4,5)27-13-9-15(20-8-7-14(18)19-16(20)22)26-17(13,10-21)11-25-28(3,23)24/h7-8,12-13,15,21H,6,9-11H2,1-5H3,(H2,18,19,22)/t12?,13-,15+,17-/m0/s1. The third-order valence-corrected chi connectivity index (χ3v) is 9.78. The molecule has 12 heteroatoms. The number of nitrogens with zero attached hydrogens (tertiary/aromatic N) is 2. The zero-order valence-electron chi connectivity index (χ0n) is 17.5. The van der Waals surface area contributed by atoms with Gasteiger partial charge in [-0.1, -0.05) is 20.3 Å². The summed E-state index contributed by atoms with van der Waals surface area (Å²) in [7, 11) is -6.00. The Morgan fingerprint density at radius 3 is 2.69 bits per heavy atom. The Morgan fingerprint density at radius 2 is 2.17 bits per heavy atom. The summed E-state index contributed by atoms with van der Waals surface area (Å²) in [6, 6.07) is 1.46. The van der Waals surface area contributed by atoms with Crippen LogP contribution in [0.15, 0.2) is 17.1 Å². The number of hydrogen-bond donors (Lipinski definition) is 2. The molecule has 0 bridgehead atoms. The van der Waals surface area contributed by atoms with Gasteiger partial charge in [-0.2, -0.15) is 13.4 Å². The Labute approximate surface area is 172 Å². The number of aliphatic hydroxyl groups is 1. The van der Waals surface area contributed by atoms with Gasteiger partial charge in [-0.25, -0.2) is 4.79 Å². The fourth-order valence-electron chi connectivity index (χ4n) is 3.26. The minimum atomic E-state index is -3.78. The van der Waals surface area contributed by atoms with Crippen LogP contribution in [-0.2, 0) is 23.5 Å². The first-order valence-electron chi connectivity index (χ1n) is 9.49. The monoisotopic (exact) mass is 449 g/mol. The number of hydrogen-bond acceptors (Lipinski definition) is 9. The van der Waals surface area contributed by atoms with Gasteiger partial charge in [0.25, 0.3) is 10.1 Å². The van der Waals surface area contributed by atoms with E-state index in [1.165, 1.54) is 16.8 Å². The van der Waals surface area contributed by atoms with Crippen molar-refractivity contribution in [2.75, 3.05) is 25.2 Å². The topological polar surface area (TPSA) is 143 Å². The first-order valence-corrected chi connectivity index (χ1v) is 14.3. The predicted molar refractivity (Wildman–Crippen MR) is 110 cm³/mol. The van der Waals surface area contributed by atoms with Gasteiger partial charge in [0.05, 0.1) is 19.0 Å². The molecule has 0 spiro atoms. The molecule has 0 aromatic carbocycles. The summed E-state index contributed by atoms with van der Waals surface area (Å²) in [5.74, 6) is 0.0798. The van der Waals surface area contributed by atoms with E-state index in [0.717, 1.165) is 12.7 Å². The quantitative estimate of drug-likeness (QED) is 0.414. The van der Waals surface area contributed by atoms with Gasteiger partial charge >= 0.3 is 5.69 Å². The molecule has 1 saturated heterocycles. The second kappa shape index (κ2) is 8.82. The first-order chi connectivity index (χ1) is 13.3. The van der Waals surface area contributed by atoms with Crippen molar-refractivity contribution < 1.29 is 26.9 Å². The lowest BCUT2D eigenvalue weighted by Crippen LogP contribution is -2.53. The van der Waals surface area contributed by atoms with Gasteiger partial charge in [0, 0.05) is 12.6 Å². The third kappa shape index (κ3) is 5.64. The van der Waals surface area contributed by atoms with E-state index in [2.05, 4.69) is 31.9 Å². The Kier molecular flexibility index (Phi) is 7.29. The highest BCUT2D eigenvalue weighted by Gasteiger charge is 2.53. The zero-order chi connectivity index (χ0) is 22.0. The summed E-state index contributed by atoms with van der Waals surface area (Å²) >= 11 is 0. The molecule has 1 aromatic rings. The van der Waals surface area contributed by atoms with Crippen LogP contribution in [0.5, 0.6) is 0 Å². The normalized spacial score (nSPS) is 26.6. The summed E-state index contributed by atoms with van der Waals surface area (Å²) in [5.41, 5.74) is 3.82. The van der Waals surface area contributed by atoms with Crippen LogP contribution in [0.1, 0.15) is 32.9 Å². The molecule has 1 unspecified atom stereocenters. The molecule has 0 radical (unpaired) electrons. The first kappa shape index (κ1) is 24.0. The van der Waals surface area contributed by atoms with Crippen LogP contribution in [-0.4, -0.2) is 62.6 Å². The summed E-state index contributed by atoms with van der Waals surface area (Å²) in [6.45, 7) is 7.33. The highest BCUT2D eigenvalue weighted by atomic mass is 32.2. The second-order valence-electron chi connectivity index (χ2n) is 8.06. The Hall–Kier alpha value is -1.31. The van der Waals surface area contributed by atoms with E-state index < -0.39 is 55.3 Å². The van der Waals surface area contributed by atoms with E-state index in [9.17, 15) is 18.3 Å². The molecule has 29 heavy (non-hydrogen) atoms. The Balaban J connectivity index is 2.40. The van der Waals surface area contributed by atoms with Crippen molar-refractivity contribution in [3.63, 3.8) is 0 Å². The molecule has 1 aromatic heterocycles. The van der Waals surface area contributed by atoms with Crippen LogP contribution >= 0.6 is 0 Å². The van der Waals surface area contributed by atoms with Gasteiger partial charge < -0.3 is 20.0 Å². The molecule has 0 saturated carbocycles. The number of aliphatic hydroxyl groups excluding tert-OH is 1. The maximum Gasteiger partial charge on any atom is 0.351 e. The van der Waals surface area contributed by atoms with Gasteiger partial charge in [0.1, 0.15) is 24.3 Å². The largest absolute Gasteiger partial charge is 0.411 e. The Morgan fingerprint density at radius 1 is 1.52 bits per heavy atom. The molecular weight excluding hydrogens is 418 g/mol. The highest BCUT2D eigenvalue weighted by Crippen LogP contribution is 2.41. The molecule has 10 nitrogen and oxygen atoms in total. The average molecular weight is 450 g/mol. The smallest absolute Gasteiger partial charge is 0.351 e. The SMILES string of the molecule is CCC(C)[Si](C)(C)O[C@H]1C[C@H](n2ccc(N)nc2=O)O[C@@]1(CO)COS(C)(=O)=O. The summed E-state index contributed by atoms with van der Waals surface area (Å²) in [6.07, 6.45) is 2.05. The molecule has 2 heterocycles. The van der Waals surface area contributed by atoms with Gasteiger partial charge in [-0.05, 0) is 24.7 Å². The number of ether oxygens (including phenoxy) is 1. The molecule has 0 aliphatic carbocycles. The van der Waals surface area contributed by atoms with E-state index in [-0.39, 0.29) is 12.2 Å². The van der Waals surface area contributed by atoms with Crippen molar-refractivity contribution in [1.82, 2.24) is 9.55 Å². The van der Waals surface area contributed by atoms with Gasteiger partial charge in [0.2, 0.25) is 0 Å². The summed E-state index contributed by atoms with van der Waals surface area (Å²) < 4.78 is 41.8. The molecule has 0 amide bonds. The lowest BCUT2D eigenvalue weighted by Gasteiger charge is -2.38.